The molecule has 1 fully saturated rings. The van der Waals surface area contributed by atoms with Gasteiger partial charge in [-0.3, -0.25) is 4.79 Å². The number of hydrogen-bond donors (Lipinski definition) is 3. The zero-order chi connectivity index (χ0) is 15.6. The molecule has 1 amide bonds. The Bertz CT molecular complexity index is 538. The standard InChI is InChI=1S/C18H26N2O2/c19-12-18(8-4-1-5-9-18)11-16(22)20-17-14-7-3-2-6-13(14)10-15(17)21/h2-3,6-7,15,17,21H,1,4-5,8-12,19H2,(H,20,22)/t15-,17+/m1/s1. The minimum absolute atomic E-state index is 0.0214. The van der Waals surface area contributed by atoms with E-state index in [0.717, 1.165) is 24.0 Å². The molecular formula is C18H26N2O2. The number of aliphatic hydroxyl groups excluding tert-OH is 1. The maximum absolute atomic E-state index is 12.5. The molecule has 0 saturated heterocycles. The van der Waals surface area contributed by atoms with Crippen LogP contribution in [0.4, 0.5) is 0 Å². The van der Waals surface area contributed by atoms with Gasteiger partial charge in [-0.05, 0) is 35.9 Å². The van der Waals surface area contributed by atoms with Crippen LogP contribution >= 0.6 is 0 Å². The maximum atomic E-state index is 12.5. The highest BCUT2D eigenvalue weighted by molar-refractivity contribution is 5.77. The topological polar surface area (TPSA) is 75.4 Å². The summed E-state index contributed by atoms with van der Waals surface area (Å²) >= 11 is 0. The third kappa shape index (κ3) is 3.03. The van der Waals surface area contributed by atoms with Crippen LogP contribution in [0.1, 0.15) is 55.7 Å². The van der Waals surface area contributed by atoms with Gasteiger partial charge >= 0.3 is 0 Å². The predicted octanol–water partition coefficient (Wildman–Crippen LogP) is 2.06. The van der Waals surface area contributed by atoms with Crippen LogP contribution in [-0.2, 0) is 11.2 Å². The fraction of sp³-hybridized carbons (Fsp3) is 0.611. The first-order valence-corrected chi connectivity index (χ1v) is 8.39. The molecule has 0 unspecified atom stereocenters. The van der Waals surface area contributed by atoms with E-state index in [1.165, 1.54) is 19.3 Å². The SMILES string of the molecule is NCC1(CC(=O)N[C@H]2c3ccccc3C[C@H]2O)CCCCC1. The largest absolute Gasteiger partial charge is 0.390 e. The van der Waals surface area contributed by atoms with E-state index in [0.29, 0.717) is 19.4 Å². The van der Waals surface area contributed by atoms with Crippen LogP contribution in [0, 0.1) is 5.41 Å². The molecule has 2 atom stereocenters. The molecular weight excluding hydrogens is 276 g/mol. The van der Waals surface area contributed by atoms with Gasteiger partial charge in [0.1, 0.15) is 0 Å². The molecule has 0 heterocycles. The summed E-state index contributed by atoms with van der Waals surface area (Å²) in [4.78, 5) is 12.5. The van der Waals surface area contributed by atoms with Gasteiger partial charge in [-0.25, -0.2) is 0 Å². The lowest BCUT2D eigenvalue weighted by molar-refractivity contribution is -0.125. The third-order valence-electron chi connectivity index (χ3n) is 5.40. The van der Waals surface area contributed by atoms with Crippen molar-refractivity contribution in [3.05, 3.63) is 35.4 Å². The molecule has 3 rings (SSSR count). The Hall–Kier alpha value is -1.39. The lowest BCUT2D eigenvalue weighted by Crippen LogP contribution is -2.41. The number of amides is 1. The smallest absolute Gasteiger partial charge is 0.221 e. The monoisotopic (exact) mass is 302 g/mol. The molecule has 2 aliphatic carbocycles. The Kier molecular flexibility index (Phi) is 4.50. The molecule has 4 nitrogen and oxygen atoms in total. The molecule has 1 saturated carbocycles. The molecule has 4 N–H and O–H groups in total. The average molecular weight is 302 g/mol. The normalized spacial score (nSPS) is 26.5. The van der Waals surface area contributed by atoms with E-state index in [1.807, 2.05) is 24.3 Å². The van der Waals surface area contributed by atoms with Gasteiger partial charge in [0.05, 0.1) is 12.1 Å². The molecule has 120 valence electrons. The van der Waals surface area contributed by atoms with E-state index >= 15 is 0 Å². The number of benzene rings is 1. The Morgan fingerprint density at radius 1 is 1.27 bits per heavy atom. The number of fused-ring (bicyclic) bond motifs is 1. The van der Waals surface area contributed by atoms with Crippen molar-refractivity contribution >= 4 is 5.91 Å². The fourth-order valence-corrected chi connectivity index (χ4v) is 4.07. The number of nitrogens with one attached hydrogen (secondary N) is 1. The van der Waals surface area contributed by atoms with Gasteiger partial charge in [-0.2, -0.15) is 0 Å². The second-order valence-corrected chi connectivity index (χ2v) is 6.96. The lowest BCUT2D eigenvalue weighted by atomic mass is 9.71. The van der Waals surface area contributed by atoms with Crippen molar-refractivity contribution in [2.75, 3.05) is 6.54 Å². The molecule has 0 radical (unpaired) electrons. The highest BCUT2D eigenvalue weighted by Gasteiger charge is 2.36. The van der Waals surface area contributed by atoms with Crippen LogP contribution in [0.2, 0.25) is 0 Å². The van der Waals surface area contributed by atoms with Gasteiger partial charge in [-0.1, -0.05) is 43.5 Å². The van der Waals surface area contributed by atoms with Crippen LogP contribution in [0.5, 0.6) is 0 Å². The van der Waals surface area contributed by atoms with Crippen molar-refractivity contribution in [3.63, 3.8) is 0 Å². The lowest BCUT2D eigenvalue weighted by Gasteiger charge is -2.36. The molecule has 4 heteroatoms. The van der Waals surface area contributed by atoms with Crippen molar-refractivity contribution in [2.24, 2.45) is 11.1 Å². The number of carbonyl (C=O) groups excluding carboxylic acids is 1. The number of carbonyl (C=O) groups is 1. The first-order chi connectivity index (χ1) is 10.6. The van der Waals surface area contributed by atoms with Crippen molar-refractivity contribution in [3.8, 4) is 0 Å². The number of aliphatic hydroxyl groups is 1. The number of rotatable bonds is 4. The van der Waals surface area contributed by atoms with Crippen LogP contribution in [0.15, 0.2) is 24.3 Å². The number of hydrogen-bond acceptors (Lipinski definition) is 3. The van der Waals surface area contributed by atoms with Crippen molar-refractivity contribution in [2.45, 2.75) is 57.1 Å². The Morgan fingerprint density at radius 2 is 2.00 bits per heavy atom. The van der Waals surface area contributed by atoms with Gasteiger partial charge in [-0.15, -0.1) is 0 Å². The highest BCUT2D eigenvalue weighted by atomic mass is 16.3. The minimum atomic E-state index is -0.526. The Labute approximate surface area is 132 Å². The van der Waals surface area contributed by atoms with Crippen LogP contribution in [0.25, 0.3) is 0 Å². The number of nitrogens with two attached hydrogens (primary N) is 1. The maximum Gasteiger partial charge on any atom is 0.221 e. The van der Waals surface area contributed by atoms with Crippen molar-refractivity contribution < 1.29 is 9.90 Å². The molecule has 22 heavy (non-hydrogen) atoms. The summed E-state index contributed by atoms with van der Waals surface area (Å²) in [6, 6.07) is 7.67. The zero-order valence-corrected chi connectivity index (χ0v) is 13.1. The van der Waals surface area contributed by atoms with Gasteiger partial charge in [0.25, 0.3) is 0 Å². The molecule has 0 bridgehead atoms. The summed E-state index contributed by atoms with van der Waals surface area (Å²) in [5, 5.41) is 13.3. The first-order valence-electron chi connectivity index (χ1n) is 8.39. The molecule has 0 aromatic heterocycles. The summed E-state index contributed by atoms with van der Waals surface area (Å²) in [7, 11) is 0. The van der Waals surface area contributed by atoms with E-state index in [4.69, 9.17) is 5.73 Å². The van der Waals surface area contributed by atoms with Crippen LogP contribution < -0.4 is 11.1 Å². The van der Waals surface area contributed by atoms with Crippen LogP contribution in [-0.4, -0.2) is 23.7 Å². The van der Waals surface area contributed by atoms with E-state index in [9.17, 15) is 9.90 Å². The van der Waals surface area contributed by atoms with Gasteiger partial charge in [0.2, 0.25) is 5.91 Å². The average Bonchev–Trinajstić information content (AvgIpc) is 2.84. The van der Waals surface area contributed by atoms with Gasteiger partial charge < -0.3 is 16.2 Å². The molecule has 2 aliphatic rings. The minimum Gasteiger partial charge on any atom is -0.390 e. The summed E-state index contributed by atoms with van der Waals surface area (Å²) in [6.45, 7) is 0.574. The second-order valence-electron chi connectivity index (χ2n) is 6.96. The van der Waals surface area contributed by atoms with E-state index in [-0.39, 0.29) is 17.4 Å². The molecule has 1 aromatic carbocycles. The van der Waals surface area contributed by atoms with E-state index < -0.39 is 6.10 Å². The van der Waals surface area contributed by atoms with Gasteiger partial charge in [0.15, 0.2) is 0 Å². The Balaban J connectivity index is 1.67. The third-order valence-corrected chi connectivity index (χ3v) is 5.40. The zero-order valence-electron chi connectivity index (χ0n) is 13.1. The molecule has 0 aliphatic heterocycles. The van der Waals surface area contributed by atoms with Crippen molar-refractivity contribution in [1.29, 1.82) is 0 Å². The predicted molar refractivity (Wildman–Crippen MR) is 86.2 cm³/mol. The van der Waals surface area contributed by atoms with Crippen LogP contribution in [0.3, 0.4) is 0 Å². The second kappa shape index (κ2) is 6.39. The summed E-state index contributed by atoms with van der Waals surface area (Å²) in [5.41, 5.74) is 8.11. The van der Waals surface area contributed by atoms with Gasteiger partial charge in [0, 0.05) is 12.8 Å². The molecule has 1 aromatic rings. The van der Waals surface area contributed by atoms with E-state index in [1.54, 1.807) is 0 Å². The fourth-order valence-electron chi connectivity index (χ4n) is 4.07. The first kappa shape index (κ1) is 15.5. The quantitative estimate of drug-likeness (QED) is 0.797. The summed E-state index contributed by atoms with van der Waals surface area (Å²) in [5.74, 6) is 0.0214. The Morgan fingerprint density at radius 3 is 2.73 bits per heavy atom. The van der Waals surface area contributed by atoms with Crippen molar-refractivity contribution in [1.82, 2.24) is 5.32 Å². The summed E-state index contributed by atoms with van der Waals surface area (Å²) < 4.78 is 0. The van der Waals surface area contributed by atoms with E-state index in [2.05, 4.69) is 5.32 Å². The highest BCUT2D eigenvalue weighted by Crippen LogP contribution is 2.39. The molecule has 0 spiro atoms. The summed E-state index contributed by atoms with van der Waals surface area (Å²) in [6.07, 6.45) is 6.23.